The quantitative estimate of drug-likeness (QED) is 0.689. The normalized spacial score (nSPS) is 11.9. The van der Waals surface area contributed by atoms with Crippen molar-refractivity contribution in [3.63, 3.8) is 0 Å². The highest BCUT2D eigenvalue weighted by Crippen LogP contribution is 2.08. The topological polar surface area (TPSA) is 44.8 Å². The molecule has 0 N–H and O–H groups in total. The number of methoxy groups -OCH3 is 1. The average Bonchev–Trinajstić information content (AvgIpc) is 2.28. The van der Waals surface area contributed by atoms with Crippen molar-refractivity contribution in [1.82, 2.24) is 0 Å². The number of para-hydroxylation sites is 1. The second kappa shape index (κ2) is 6.85. The van der Waals surface area contributed by atoms with Gasteiger partial charge in [0, 0.05) is 7.11 Å². The fraction of sp³-hybridized carbons (Fsp3) is 0.417. The second-order valence-electron chi connectivity index (χ2n) is 3.36. The van der Waals surface area contributed by atoms with Gasteiger partial charge in [-0.3, -0.25) is 0 Å². The molecule has 1 aromatic carbocycles. The molecule has 1 aromatic rings. The molecule has 0 fully saturated rings. The van der Waals surface area contributed by atoms with Gasteiger partial charge in [-0.2, -0.15) is 0 Å². The fourth-order valence-corrected chi connectivity index (χ4v) is 1.19. The maximum atomic E-state index is 11.3. The zero-order chi connectivity index (χ0) is 11.8. The Balaban J connectivity index is 2.25. The molecule has 0 saturated carbocycles. The first-order valence-corrected chi connectivity index (χ1v) is 5.08. The smallest absolute Gasteiger partial charge is 0.344 e. The Kier molecular flexibility index (Phi) is 5.36. The molecule has 0 bridgehead atoms. The highest BCUT2D eigenvalue weighted by Gasteiger charge is 2.09. The summed E-state index contributed by atoms with van der Waals surface area (Å²) in [6, 6.07) is 9.13. The third kappa shape index (κ3) is 4.79. The molecular formula is C12H16O4. The molecule has 0 heterocycles. The van der Waals surface area contributed by atoms with Crippen LogP contribution >= 0.6 is 0 Å². The standard InChI is InChI=1S/C12H16O4/c1-10(8-14-2)16-12(13)9-15-11-6-4-3-5-7-11/h3-7,10H,8-9H2,1-2H3/t10-/m1/s1. The van der Waals surface area contributed by atoms with Crippen LogP contribution in [0.15, 0.2) is 30.3 Å². The summed E-state index contributed by atoms with van der Waals surface area (Å²) < 4.78 is 15.1. The molecule has 0 amide bonds. The van der Waals surface area contributed by atoms with Crippen LogP contribution in [0.4, 0.5) is 0 Å². The van der Waals surface area contributed by atoms with Gasteiger partial charge in [-0.15, -0.1) is 0 Å². The van der Waals surface area contributed by atoms with E-state index >= 15 is 0 Å². The first-order valence-electron chi connectivity index (χ1n) is 5.08. The van der Waals surface area contributed by atoms with Gasteiger partial charge in [0.1, 0.15) is 11.9 Å². The van der Waals surface area contributed by atoms with E-state index in [1.165, 1.54) is 0 Å². The fourth-order valence-electron chi connectivity index (χ4n) is 1.19. The van der Waals surface area contributed by atoms with Crippen molar-refractivity contribution in [3.8, 4) is 5.75 Å². The Labute approximate surface area is 95.1 Å². The highest BCUT2D eigenvalue weighted by atomic mass is 16.6. The van der Waals surface area contributed by atoms with Gasteiger partial charge in [0.05, 0.1) is 6.61 Å². The van der Waals surface area contributed by atoms with E-state index in [1.807, 2.05) is 18.2 Å². The van der Waals surface area contributed by atoms with Gasteiger partial charge in [0.15, 0.2) is 6.61 Å². The SMILES string of the molecule is COC[C@@H](C)OC(=O)COc1ccccc1. The molecule has 0 aromatic heterocycles. The lowest BCUT2D eigenvalue weighted by molar-refractivity contribution is -0.152. The largest absolute Gasteiger partial charge is 0.482 e. The van der Waals surface area contributed by atoms with E-state index in [9.17, 15) is 4.79 Å². The van der Waals surface area contributed by atoms with E-state index in [-0.39, 0.29) is 12.7 Å². The number of benzene rings is 1. The summed E-state index contributed by atoms with van der Waals surface area (Å²) in [4.78, 5) is 11.3. The Hall–Kier alpha value is -1.55. The van der Waals surface area contributed by atoms with Crippen molar-refractivity contribution in [2.75, 3.05) is 20.3 Å². The summed E-state index contributed by atoms with van der Waals surface area (Å²) in [5, 5.41) is 0. The van der Waals surface area contributed by atoms with Crippen molar-refractivity contribution in [1.29, 1.82) is 0 Å². The van der Waals surface area contributed by atoms with E-state index in [4.69, 9.17) is 14.2 Å². The average molecular weight is 224 g/mol. The van der Waals surface area contributed by atoms with Crippen LogP contribution in [-0.4, -0.2) is 32.4 Å². The van der Waals surface area contributed by atoms with Gasteiger partial charge in [-0.1, -0.05) is 18.2 Å². The molecule has 0 aliphatic rings. The molecule has 0 unspecified atom stereocenters. The minimum absolute atomic E-state index is 0.0853. The van der Waals surface area contributed by atoms with E-state index < -0.39 is 5.97 Å². The van der Waals surface area contributed by atoms with Gasteiger partial charge in [-0.25, -0.2) is 4.79 Å². The van der Waals surface area contributed by atoms with Gasteiger partial charge in [-0.05, 0) is 19.1 Å². The van der Waals surface area contributed by atoms with Crippen molar-refractivity contribution in [2.45, 2.75) is 13.0 Å². The predicted octanol–water partition coefficient (Wildman–Crippen LogP) is 1.64. The number of carbonyl (C=O) groups excluding carboxylic acids is 1. The molecule has 1 atom stereocenters. The monoisotopic (exact) mass is 224 g/mol. The van der Waals surface area contributed by atoms with Gasteiger partial charge in [0.2, 0.25) is 0 Å². The van der Waals surface area contributed by atoms with Crippen LogP contribution in [0.1, 0.15) is 6.92 Å². The molecule has 16 heavy (non-hydrogen) atoms. The Bertz CT molecular complexity index is 310. The second-order valence-corrected chi connectivity index (χ2v) is 3.36. The predicted molar refractivity (Wildman–Crippen MR) is 59.4 cm³/mol. The van der Waals surface area contributed by atoms with Gasteiger partial charge < -0.3 is 14.2 Å². The maximum Gasteiger partial charge on any atom is 0.344 e. The number of rotatable bonds is 6. The number of esters is 1. The van der Waals surface area contributed by atoms with Crippen LogP contribution in [0.3, 0.4) is 0 Å². The molecule has 0 aliphatic carbocycles. The number of ether oxygens (including phenoxy) is 3. The lowest BCUT2D eigenvalue weighted by Gasteiger charge is -2.12. The third-order valence-electron chi connectivity index (χ3n) is 1.83. The van der Waals surface area contributed by atoms with E-state index in [2.05, 4.69) is 0 Å². The molecule has 0 radical (unpaired) electrons. The first kappa shape index (κ1) is 12.5. The van der Waals surface area contributed by atoms with Crippen molar-refractivity contribution >= 4 is 5.97 Å². The van der Waals surface area contributed by atoms with Gasteiger partial charge >= 0.3 is 5.97 Å². The number of carbonyl (C=O) groups is 1. The van der Waals surface area contributed by atoms with E-state index in [1.54, 1.807) is 26.2 Å². The van der Waals surface area contributed by atoms with Crippen LogP contribution in [0.5, 0.6) is 5.75 Å². The Morgan fingerprint density at radius 3 is 2.62 bits per heavy atom. The van der Waals surface area contributed by atoms with Crippen LogP contribution in [0, 0.1) is 0 Å². The maximum absolute atomic E-state index is 11.3. The zero-order valence-electron chi connectivity index (χ0n) is 9.51. The molecule has 1 rings (SSSR count). The minimum atomic E-state index is -0.395. The molecule has 88 valence electrons. The molecular weight excluding hydrogens is 208 g/mol. The Morgan fingerprint density at radius 1 is 1.31 bits per heavy atom. The molecule has 0 saturated heterocycles. The summed E-state index contributed by atoms with van der Waals surface area (Å²) in [6.45, 7) is 2.07. The van der Waals surface area contributed by atoms with Crippen LogP contribution in [0.25, 0.3) is 0 Å². The number of hydrogen-bond acceptors (Lipinski definition) is 4. The van der Waals surface area contributed by atoms with E-state index in [0.29, 0.717) is 12.4 Å². The van der Waals surface area contributed by atoms with Crippen LogP contribution < -0.4 is 4.74 Å². The molecule has 4 nitrogen and oxygen atoms in total. The van der Waals surface area contributed by atoms with Crippen LogP contribution in [-0.2, 0) is 14.3 Å². The van der Waals surface area contributed by atoms with E-state index in [0.717, 1.165) is 0 Å². The van der Waals surface area contributed by atoms with Gasteiger partial charge in [0.25, 0.3) is 0 Å². The van der Waals surface area contributed by atoms with Crippen molar-refractivity contribution in [2.24, 2.45) is 0 Å². The highest BCUT2D eigenvalue weighted by molar-refractivity contribution is 5.71. The summed E-state index contributed by atoms with van der Waals surface area (Å²) in [6.07, 6.45) is -0.253. The summed E-state index contributed by atoms with van der Waals surface area (Å²) in [7, 11) is 1.56. The summed E-state index contributed by atoms with van der Waals surface area (Å²) in [5.74, 6) is 0.257. The van der Waals surface area contributed by atoms with Crippen molar-refractivity contribution < 1.29 is 19.0 Å². The third-order valence-corrected chi connectivity index (χ3v) is 1.83. The number of hydrogen-bond donors (Lipinski definition) is 0. The minimum Gasteiger partial charge on any atom is -0.482 e. The molecule has 0 aliphatic heterocycles. The summed E-state index contributed by atoms with van der Waals surface area (Å²) >= 11 is 0. The van der Waals surface area contributed by atoms with Crippen LogP contribution in [0.2, 0.25) is 0 Å². The Morgan fingerprint density at radius 2 is 2.00 bits per heavy atom. The summed E-state index contributed by atoms with van der Waals surface area (Å²) in [5.41, 5.74) is 0. The lowest BCUT2D eigenvalue weighted by atomic mass is 10.3. The van der Waals surface area contributed by atoms with Crippen molar-refractivity contribution in [3.05, 3.63) is 30.3 Å². The molecule has 4 heteroatoms. The lowest BCUT2D eigenvalue weighted by Crippen LogP contribution is -2.23. The first-order chi connectivity index (χ1) is 7.72. The zero-order valence-corrected chi connectivity index (χ0v) is 9.51. The molecule has 0 spiro atoms.